The third-order valence-electron chi connectivity index (χ3n) is 3.45. The molecule has 0 aliphatic carbocycles. The Morgan fingerprint density at radius 1 is 1.29 bits per heavy atom. The molecule has 0 aliphatic heterocycles. The highest BCUT2D eigenvalue weighted by Gasteiger charge is 2.13. The van der Waals surface area contributed by atoms with E-state index in [0.717, 1.165) is 16.3 Å². The third-order valence-corrected chi connectivity index (χ3v) is 4.31. The van der Waals surface area contributed by atoms with E-state index in [-0.39, 0.29) is 5.91 Å². The van der Waals surface area contributed by atoms with E-state index in [9.17, 15) is 4.79 Å². The van der Waals surface area contributed by atoms with E-state index in [2.05, 4.69) is 10.3 Å². The number of ether oxygens (including phenoxy) is 1. The van der Waals surface area contributed by atoms with Crippen LogP contribution in [-0.4, -0.2) is 17.4 Å². The molecular formula is C18H18N2O3S. The number of aryl methyl sites for hydroxylation is 1. The lowest BCUT2D eigenvalue weighted by molar-refractivity contribution is 0.0956. The summed E-state index contributed by atoms with van der Waals surface area (Å²) < 4.78 is 11.4. The number of hydrogen-bond acceptors (Lipinski definition) is 5. The molecule has 0 spiro atoms. The molecule has 0 fully saturated rings. The quantitative estimate of drug-likeness (QED) is 0.734. The number of nitrogens with zero attached hydrogens (tertiary/aromatic N) is 1. The van der Waals surface area contributed by atoms with Gasteiger partial charge in [0.05, 0.1) is 4.88 Å². The van der Waals surface area contributed by atoms with Crippen molar-refractivity contribution in [2.75, 3.05) is 6.54 Å². The fourth-order valence-corrected chi connectivity index (χ4v) is 2.83. The Hall–Kier alpha value is -2.60. The van der Waals surface area contributed by atoms with Crippen LogP contribution in [-0.2, 0) is 6.61 Å². The first kappa shape index (κ1) is 16.3. The van der Waals surface area contributed by atoms with Crippen LogP contribution in [0.25, 0.3) is 10.8 Å². The summed E-state index contributed by atoms with van der Waals surface area (Å²) in [6, 6.07) is 11.0. The third kappa shape index (κ3) is 3.65. The second kappa shape index (κ2) is 7.31. The largest absolute Gasteiger partial charge is 0.487 e. The molecule has 0 aliphatic rings. The molecule has 5 nitrogen and oxygen atoms in total. The number of carbonyl (C=O) groups is 1. The first-order valence-electron chi connectivity index (χ1n) is 7.68. The molecule has 0 saturated carbocycles. The van der Waals surface area contributed by atoms with Gasteiger partial charge >= 0.3 is 0 Å². The van der Waals surface area contributed by atoms with E-state index >= 15 is 0 Å². The first-order valence-corrected chi connectivity index (χ1v) is 8.56. The van der Waals surface area contributed by atoms with Crippen LogP contribution in [0.3, 0.4) is 0 Å². The van der Waals surface area contributed by atoms with Crippen LogP contribution in [0.15, 0.2) is 46.2 Å². The van der Waals surface area contributed by atoms with E-state index in [0.29, 0.717) is 30.4 Å². The number of rotatable bonds is 6. The van der Waals surface area contributed by atoms with Gasteiger partial charge in [-0.2, -0.15) is 0 Å². The summed E-state index contributed by atoms with van der Waals surface area (Å²) in [5.74, 6) is 1.96. The maximum absolute atomic E-state index is 11.7. The number of amides is 1. The van der Waals surface area contributed by atoms with E-state index in [1.807, 2.05) is 31.4 Å². The fourth-order valence-electron chi connectivity index (χ4n) is 2.18. The molecule has 24 heavy (non-hydrogen) atoms. The second-order valence-electron chi connectivity index (χ2n) is 5.17. The van der Waals surface area contributed by atoms with Crippen LogP contribution in [0.4, 0.5) is 0 Å². The lowest BCUT2D eigenvalue weighted by Crippen LogP contribution is -2.22. The van der Waals surface area contributed by atoms with Gasteiger partial charge in [0.15, 0.2) is 0 Å². The van der Waals surface area contributed by atoms with Gasteiger partial charge in [-0.1, -0.05) is 6.07 Å². The van der Waals surface area contributed by atoms with Crippen LogP contribution in [0.2, 0.25) is 0 Å². The zero-order valence-electron chi connectivity index (χ0n) is 13.5. The van der Waals surface area contributed by atoms with E-state index in [1.54, 1.807) is 35.6 Å². The lowest BCUT2D eigenvalue weighted by atomic mass is 10.2. The number of carbonyl (C=O) groups excluding carboxylic acids is 1. The molecule has 6 heteroatoms. The molecule has 3 aromatic rings. The van der Waals surface area contributed by atoms with Gasteiger partial charge in [0.1, 0.15) is 23.8 Å². The van der Waals surface area contributed by atoms with Gasteiger partial charge in [-0.05, 0) is 49.6 Å². The number of oxazole rings is 1. The van der Waals surface area contributed by atoms with Crippen LogP contribution in [0, 0.1) is 6.92 Å². The molecule has 0 unspecified atom stereocenters. The Labute approximate surface area is 144 Å². The molecule has 1 amide bonds. The van der Waals surface area contributed by atoms with Crippen molar-refractivity contribution < 1.29 is 13.9 Å². The van der Waals surface area contributed by atoms with Crippen molar-refractivity contribution in [3.63, 3.8) is 0 Å². The van der Waals surface area contributed by atoms with Crippen LogP contribution in [0.5, 0.6) is 5.75 Å². The van der Waals surface area contributed by atoms with Gasteiger partial charge in [0.25, 0.3) is 5.91 Å². The van der Waals surface area contributed by atoms with Gasteiger partial charge in [0, 0.05) is 12.1 Å². The lowest BCUT2D eigenvalue weighted by Gasteiger charge is -2.06. The Morgan fingerprint density at radius 3 is 2.75 bits per heavy atom. The Kier molecular flexibility index (Phi) is 4.96. The van der Waals surface area contributed by atoms with Crippen molar-refractivity contribution in [3.8, 4) is 16.5 Å². The Balaban J connectivity index is 1.65. The van der Waals surface area contributed by atoms with Crippen molar-refractivity contribution in [3.05, 3.63) is 58.8 Å². The smallest absolute Gasteiger partial charge is 0.251 e. The fraction of sp³-hybridized carbons (Fsp3) is 0.222. The van der Waals surface area contributed by atoms with E-state index in [4.69, 9.17) is 9.15 Å². The molecule has 124 valence electrons. The molecule has 3 rings (SSSR count). The van der Waals surface area contributed by atoms with Gasteiger partial charge in [-0.25, -0.2) is 4.98 Å². The van der Waals surface area contributed by atoms with E-state index < -0.39 is 0 Å². The first-order chi connectivity index (χ1) is 11.7. The molecule has 1 aromatic carbocycles. The van der Waals surface area contributed by atoms with Crippen LogP contribution in [0.1, 0.15) is 28.7 Å². The molecule has 1 N–H and O–H groups in total. The monoisotopic (exact) mass is 342 g/mol. The normalized spacial score (nSPS) is 10.6. The molecule has 0 radical (unpaired) electrons. The van der Waals surface area contributed by atoms with Crippen LogP contribution >= 0.6 is 11.3 Å². The highest BCUT2D eigenvalue weighted by Crippen LogP contribution is 2.26. The maximum Gasteiger partial charge on any atom is 0.251 e. The van der Waals surface area contributed by atoms with Crippen LogP contribution < -0.4 is 10.1 Å². The number of aromatic nitrogens is 1. The maximum atomic E-state index is 11.7. The highest BCUT2D eigenvalue weighted by atomic mass is 32.1. The Morgan fingerprint density at radius 2 is 2.08 bits per heavy atom. The van der Waals surface area contributed by atoms with Crippen molar-refractivity contribution in [1.82, 2.24) is 10.3 Å². The molecule has 2 aromatic heterocycles. The van der Waals surface area contributed by atoms with Crippen molar-refractivity contribution in [2.24, 2.45) is 0 Å². The minimum absolute atomic E-state index is 0.0861. The predicted octanol–water partition coefficient (Wildman–Crippen LogP) is 4.04. The van der Waals surface area contributed by atoms with Gasteiger partial charge < -0.3 is 14.5 Å². The summed E-state index contributed by atoms with van der Waals surface area (Å²) in [7, 11) is 0. The summed E-state index contributed by atoms with van der Waals surface area (Å²) in [5, 5.41) is 4.75. The van der Waals surface area contributed by atoms with Crippen molar-refractivity contribution in [2.45, 2.75) is 20.5 Å². The van der Waals surface area contributed by atoms with Gasteiger partial charge in [0.2, 0.25) is 5.89 Å². The molecule has 0 saturated heterocycles. The summed E-state index contributed by atoms with van der Waals surface area (Å²) in [6.45, 7) is 4.69. The summed E-state index contributed by atoms with van der Waals surface area (Å²) in [4.78, 5) is 17.2. The predicted molar refractivity (Wildman–Crippen MR) is 93.3 cm³/mol. The second-order valence-corrected chi connectivity index (χ2v) is 6.12. The van der Waals surface area contributed by atoms with Crippen molar-refractivity contribution >= 4 is 17.2 Å². The van der Waals surface area contributed by atoms with Gasteiger partial charge in [-0.15, -0.1) is 11.3 Å². The number of benzene rings is 1. The average molecular weight is 342 g/mol. The molecule has 0 bridgehead atoms. The number of hydrogen-bond donors (Lipinski definition) is 1. The zero-order valence-corrected chi connectivity index (χ0v) is 14.4. The summed E-state index contributed by atoms with van der Waals surface area (Å²) >= 11 is 1.59. The molecule has 2 heterocycles. The highest BCUT2D eigenvalue weighted by molar-refractivity contribution is 7.13. The zero-order chi connectivity index (χ0) is 16.9. The summed E-state index contributed by atoms with van der Waals surface area (Å²) in [6.07, 6.45) is 0. The van der Waals surface area contributed by atoms with E-state index in [1.165, 1.54) is 0 Å². The molecule has 0 atom stereocenters. The van der Waals surface area contributed by atoms with Crippen molar-refractivity contribution in [1.29, 1.82) is 0 Å². The number of thiophene rings is 1. The topological polar surface area (TPSA) is 64.4 Å². The van der Waals surface area contributed by atoms with Gasteiger partial charge in [-0.3, -0.25) is 4.79 Å². The molecular weight excluding hydrogens is 324 g/mol. The minimum atomic E-state index is -0.0861. The summed E-state index contributed by atoms with van der Waals surface area (Å²) in [5.41, 5.74) is 1.38. The SMILES string of the molecule is CCNC(=O)c1ccc(OCc2nc(-c3cccs3)oc2C)cc1. The minimum Gasteiger partial charge on any atom is -0.487 e. The average Bonchev–Trinajstić information content (AvgIpc) is 3.23. The standard InChI is InChI=1S/C18H18N2O3S/c1-3-19-17(21)13-6-8-14(9-7-13)22-11-15-12(2)23-18(20-15)16-5-4-10-24-16/h4-10H,3,11H2,1-2H3,(H,19,21). The number of nitrogens with one attached hydrogen (secondary N) is 1. The Bertz CT molecular complexity index is 807.